The Hall–Kier alpha value is -1.21. The lowest BCUT2D eigenvalue weighted by Crippen LogP contribution is -2.38. The van der Waals surface area contributed by atoms with E-state index in [9.17, 15) is 13.2 Å². The Labute approximate surface area is 113 Å². The first-order valence-corrected chi connectivity index (χ1v) is 7.84. The Kier molecular flexibility index (Phi) is 3.78. The van der Waals surface area contributed by atoms with Gasteiger partial charge in [-0.25, -0.2) is 13.1 Å². The van der Waals surface area contributed by atoms with Gasteiger partial charge in [-0.05, 0) is 26.7 Å². The predicted octanol–water partition coefficient (Wildman–Crippen LogP) is 0.827. The zero-order valence-corrected chi connectivity index (χ0v) is 12.2. The van der Waals surface area contributed by atoms with Crippen LogP contribution in [0.2, 0.25) is 0 Å². The molecule has 2 rings (SSSR count). The Morgan fingerprint density at radius 3 is 2.32 bits per heavy atom. The highest BCUT2D eigenvalue weighted by atomic mass is 32.2. The summed E-state index contributed by atoms with van der Waals surface area (Å²) in [5.74, 6) is 0.212. The number of ketones is 1. The molecule has 0 atom stereocenters. The Balaban J connectivity index is 2.21. The van der Waals surface area contributed by atoms with Crippen LogP contribution in [-0.4, -0.2) is 30.0 Å². The van der Waals surface area contributed by atoms with Crippen molar-refractivity contribution in [1.82, 2.24) is 14.5 Å². The van der Waals surface area contributed by atoms with Crippen molar-refractivity contribution in [1.29, 1.82) is 0 Å². The molecule has 1 heterocycles. The van der Waals surface area contributed by atoms with Crippen LogP contribution >= 0.6 is 0 Å². The fraction of sp³-hybridized carbons (Fsp3) is 0.667. The molecule has 0 radical (unpaired) electrons. The summed E-state index contributed by atoms with van der Waals surface area (Å²) >= 11 is 0. The summed E-state index contributed by atoms with van der Waals surface area (Å²) < 4.78 is 29.0. The van der Waals surface area contributed by atoms with E-state index in [1.807, 2.05) is 0 Å². The van der Waals surface area contributed by atoms with Crippen LogP contribution in [0.4, 0.5) is 0 Å². The molecule has 1 fully saturated rings. The van der Waals surface area contributed by atoms with E-state index in [-0.39, 0.29) is 16.7 Å². The van der Waals surface area contributed by atoms with Gasteiger partial charge in [0, 0.05) is 25.9 Å². The number of nitrogens with one attached hydrogen (secondary N) is 1. The third-order valence-electron chi connectivity index (χ3n) is 3.58. The van der Waals surface area contributed by atoms with Gasteiger partial charge in [0.2, 0.25) is 10.0 Å². The summed E-state index contributed by atoms with van der Waals surface area (Å²) in [6, 6.07) is -0.151. The standard InChI is InChI=1S/C12H19N3O3S/c1-8-12(9(2)15(3)13-8)19(17,18)14-10-4-6-11(16)7-5-10/h10,14H,4-7H2,1-3H3. The number of nitrogens with zero attached hydrogens (tertiary/aromatic N) is 2. The van der Waals surface area contributed by atoms with Crippen LogP contribution in [0, 0.1) is 13.8 Å². The molecule has 0 unspecified atom stereocenters. The van der Waals surface area contributed by atoms with E-state index < -0.39 is 10.0 Å². The predicted molar refractivity (Wildman–Crippen MR) is 70.3 cm³/mol. The lowest BCUT2D eigenvalue weighted by molar-refractivity contribution is -0.120. The molecule has 0 bridgehead atoms. The van der Waals surface area contributed by atoms with Crippen molar-refractivity contribution in [2.45, 2.75) is 50.5 Å². The normalized spacial score (nSPS) is 17.9. The second kappa shape index (κ2) is 5.05. The second-order valence-electron chi connectivity index (χ2n) is 5.06. The minimum Gasteiger partial charge on any atom is -0.300 e. The zero-order chi connectivity index (χ0) is 14.2. The molecule has 7 heteroatoms. The van der Waals surface area contributed by atoms with Gasteiger partial charge in [-0.2, -0.15) is 5.10 Å². The zero-order valence-electron chi connectivity index (χ0n) is 11.4. The third kappa shape index (κ3) is 2.87. The summed E-state index contributed by atoms with van der Waals surface area (Å²) in [7, 11) is -1.84. The van der Waals surface area contributed by atoms with Gasteiger partial charge in [0.05, 0.1) is 11.4 Å². The molecule has 0 amide bonds. The van der Waals surface area contributed by atoms with Gasteiger partial charge < -0.3 is 0 Å². The Morgan fingerprint density at radius 1 is 1.26 bits per heavy atom. The van der Waals surface area contributed by atoms with Crippen LogP contribution in [-0.2, 0) is 21.9 Å². The smallest absolute Gasteiger partial charge is 0.244 e. The van der Waals surface area contributed by atoms with Gasteiger partial charge in [-0.15, -0.1) is 0 Å². The van der Waals surface area contributed by atoms with E-state index in [0.717, 1.165) is 0 Å². The molecule has 1 aromatic rings. The SMILES string of the molecule is Cc1nn(C)c(C)c1S(=O)(=O)NC1CCC(=O)CC1. The molecular weight excluding hydrogens is 266 g/mol. The van der Waals surface area contributed by atoms with E-state index in [0.29, 0.717) is 37.1 Å². The molecule has 1 N–H and O–H groups in total. The van der Waals surface area contributed by atoms with Crippen molar-refractivity contribution in [2.75, 3.05) is 0 Å². The van der Waals surface area contributed by atoms with Crippen molar-refractivity contribution < 1.29 is 13.2 Å². The molecular formula is C12H19N3O3S. The fourth-order valence-corrected chi connectivity index (χ4v) is 4.22. The number of aryl methyl sites for hydroxylation is 2. The average Bonchev–Trinajstić information content (AvgIpc) is 2.56. The van der Waals surface area contributed by atoms with Crippen molar-refractivity contribution in [3.63, 3.8) is 0 Å². The minimum atomic E-state index is -3.56. The largest absolute Gasteiger partial charge is 0.300 e. The molecule has 1 saturated carbocycles. The first-order chi connectivity index (χ1) is 8.81. The summed E-state index contributed by atoms with van der Waals surface area (Å²) in [6.45, 7) is 3.42. The highest BCUT2D eigenvalue weighted by Crippen LogP contribution is 2.21. The maximum Gasteiger partial charge on any atom is 0.244 e. The van der Waals surface area contributed by atoms with Crippen LogP contribution in [0.15, 0.2) is 4.90 Å². The first-order valence-electron chi connectivity index (χ1n) is 6.35. The number of rotatable bonds is 3. The summed E-state index contributed by atoms with van der Waals surface area (Å²) in [6.07, 6.45) is 2.07. The van der Waals surface area contributed by atoms with Crippen LogP contribution in [0.3, 0.4) is 0 Å². The van der Waals surface area contributed by atoms with Crippen molar-refractivity contribution in [3.8, 4) is 0 Å². The molecule has 6 nitrogen and oxygen atoms in total. The maximum atomic E-state index is 12.4. The topological polar surface area (TPSA) is 81.1 Å². The minimum absolute atomic E-state index is 0.151. The molecule has 1 aliphatic carbocycles. The van der Waals surface area contributed by atoms with Crippen LogP contribution in [0.5, 0.6) is 0 Å². The van der Waals surface area contributed by atoms with E-state index in [1.54, 1.807) is 25.6 Å². The molecule has 0 saturated heterocycles. The number of hydrogen-bond donors (Lipinski definition) is 1. The lowest BCUT2D eigenvalue weighted by atomic mass is 9.95. The van der Waals surface area contributed by atoms with Crippen molar-refractivity contribution in [2.24, 2.45) is 7.05 Å². The summed E-state index contributed by atoms with van der Waals surface area (Å²) in [4.78, 5) is 11.4. The molecule has 0 spiro atoms. The van der Waals surface area contributed by atoms with Crippen LogP contribution in [0.25, 0.3) is 0 Å². The third-order valence-corrected chi connectivity index (χ3v) is 5.35. The van der Waals surface area contributed by atoms with Gasteiger partial charge in [-0.3, -0.25) is 9.48 Å². The van der Waals surface area contributed by atoms with Gasteiger partial charge in [0.25, 0.3) is 0 Å². The molecule has 0 aliphatic heterocycles. The van der Waals surface area contributed by atoms with Crippen molar-refractivity contribution in [3.05, 3.63) is 11.4 Å². The molecule has 1 aliphatic rings. The molecule has 0 aromatic carbocycles. The van der Waals surface area contributed by atoms with Gasteiger partial charge >= 0.3 is 0 Å². The van der Waals surface area contributed by atoms with Crippen LogP contribution in [0.1, 0.15) is 37.1 Å². The van der Waals surface area contributed by atoms with Crippen molar-refractivity contribution >= 4 is 15.8 Å². The van der Waals surface area contributed by atoms with Gasteiger partial charge in [0.1, 0.15) is 10.7 Å². The molecule has 106 valence electrons. The Morgan fingerprint density at radius 2 is 1.84 bits per heavy atom. The quantitative estimate of drug-likeness (QED) is 0.891. The maximum absolute atomic E-state index is 12.4. The Bertz CT molecular complexity index is 594. The highest BCUT2D eigenvalue weighted by Gasteiger charge is 2.28. The van der Waals surface area contributed by atoms with E-state index in [2.05, 4.69) is 9.82 Å². The highest BCUT2D eigenvalue weighted by molar-refractivity contribution is 7.89. The summed E-state index contributed by atoms with van der Waals surface area (Å²) in [5.41, 5.74) is 1.12. The monoisotopic (exact) mass is 285 g/mol. The number of carbonyl (C=O) groups excluding carboxylic acids is 1. The molecule has 1 aromatic heterocycles. The van der Waals surface area contributed by atoms with Gasteiger partial charge in [-0.1, -0.05) is 0 Å². The number of aromatic nitrogens is 2. The second-order valence-corrected chi connectivity index (χ2v) is 6.71. The lowest BCUT2D eigenvalue weighted by Gasteiger charge is -2.22. The number of Topliss-reactive ketones (excluding diaryl/α,β-unsaturated/α-hetero) is 1. The number of carbonyl (C=O) groups is 1. The van der Waals surface area contributed by atoms with E-state index in [4.69, 9.17) is 0 Å². The van der Waals surface area contributed by atoms with Gasteiger partial charge in [0.15, 0.2) is 0 Å². The number of sulfonamides is 1. The first kappa shape index (κ1) is 14.2. The van der Waals surface area contributed by atoms with E-state index >= 15 is 0 Å². The average molecular weight is 285 g/mol. The van der Waals surface area contributed by atoms with Crippen LogP contribution < -0.4 is 4.72 Å². The summed E-state index contributed by atoms with van der Waals surface area (Å²) in [5, 5.41) is 4.13. The fourth-order valence-electron chi connectivity index (χ4n) is 2.48. The van der Waals surface area contributed by atoms with E-state index in [1.165, 1.54) is 0 Å². The number of hydrogen-bond acceptors (Lipinski definition) is 4. The molecule has 19 heavy (non-hydrogen) atoms.